The summed E-state index contributed by atoms with van der Waals surface area (Å²) in [7, 11) is 0. The second kappa shape index (κ2) is 8.95. The standard InChI is InChI=1S/C37H22N2S/c1-38-32-17-10-16-30(37(32)39-33-18-7-4-13-27(33)28-14-5-8-19-34(28)39)26-12-3-2-11-25(26)24-21-22-36-31(23-24)29-15-6-9-20-35(29)40-36/h2-23H. The Labute approximate surface area is 235 Å². The molecule has 0 amide bonds. The molecule has 3 heteroatoms. The Balaban J connectivity index is 1.43. The number of benzene rings is 6. The number of rotatable bonds is 3. The van der Waals surface area contributed by atoms with E-state index >= 15 is 0 Å². The van der Waals surface area contributed by atoms with E-state index in [1.165, 1.54) is 36.5 Å². The van der Waals surface area contributed by atoms with Crippen LogP contribution >= 0.6 is 11.3 Å². The number of fused-ring (bicyclic) bond motifs is 6. The summed E-state index contributed by atoms with van der Waals surface area (Å²) in [4.78, 5) is 4.03. The van der Waals surface area contributed by atoms with E-state index in [9.17, 15) is 0 Å². The van der Waals surface area contributed by atoms with E-state index in [1.54, 1.807) is 0 Å². The molecule has 0 radical (unpaired) electrons. The van der Waals surface area contributed by atoms with Crippen molar-refractivity contribution in [3.05, 3.63) is 145 Å². The Bertz CT molecular complexity index is 2240. The average Bonchev–Trinajstić information content (AvgIpc) is 3.56. The molecule has 0 unspecified atom stereocenters. The van der Waals surface area contributed by atoms with Gasteiger partial charge in [0.15, 0.2) is 0 Å². The van der Waals surface area contributed by atoms with Crippen molar-refractivity contribution in [2.75, 3.05) is 0 Å². The van der Waals surface area contributed by atoms with Crippen molar-refractivity contribution in [1.82, 2.24) is 4.57 Å². The van der Waals surface area contributed by atoms with Crippen LogP contribution in [0, 0.1) is 6.57 Å². The van der Waals surface area contributed by atoms with Crippen LogP contribution in [0.5, 0.6) is 0 Å². The van der Waals surface area contributed by atoms with Gasteiger partial charge in [-0.3, -0.25) is 0 Å². The molecule has 2 nitrogen and oxygen atoms in total. The van der Waals surface area contributed by atoms with Gasteiger partial charge in [-0.1, -0.05) is 103 Å². The molecule has 0 aliphatic heterocycles. The van der Waals surface area contributed by atoms with Gasteiger partial charge < -0.3 is 4.57 Å². The lowest BCUT2D eigenvalue weighted by molar-refractivity contribution is 1.19. The van der Waals surface area contributed by atoms with E-state index in [1.807, 2.05) is 23.5 Å². The highest BCUT2D eigenvalue weighted by Crippen LogP contribution is 2.44. The van der Waals surface area contributed by atoms with Crippen LogP contribution in [-0.4, -0.2) is 4.57 Å². The molecule has 0 aliphatic rings. The molecule has 0 spiro atoms. The molecule has 0 saturated carbocycles. The van der Waals surface area contributed by atoms with Gasteiger partial charge in [0, 0.05) is 30.9 Å². The first-order chi connectivity index (χ1) is 19.8. The summed E-state index contributed by atoms with van der Waals surface area (Å²) in [5.41, 5.74) is 8.25. The third-order valence-corrected chi connectivity index (χ3v) is 9.00. The van der Waals surface area contributed by atoms with Crippen molar-refractivity contribution in [1.29, 1.82) is 0 Å². The Morgan fingerprint density at radius 1 is 0.500 bits per heavy atom. The highest BCUT2D eigenvalue weighted by molar-refractivity contribution is 7.25. The fourth-order valence-electron chi connectivity index (χ4n) is 6.10. The van der Waals surface area contributed by atoms with E-state index in [4.69, 9.17) is 6.57 Å². The molecule has 0 N–H and O–H groups in total. The number of thiophene rings is 1. The van der Waals surface area contributed by atoms with E-state index < -0.39 is 0 Å². The average molecular weight is 527 g/mol. The molecule has 186 valence electrons. The zero-order chi connectivity index (χ0) is 26.6. The van der Waals surface area contributed by atoms with Crippen molar-refractivity contribution in [2.24, 2.45) is 0 Å². The van der Waals surface area contributed by atoms with Gasteiger partial charge in [-0.2, -0.15) is 0 Å². The van der Waals surface area contributed by atoms with E-state index in [0.717, 1.165) is 33.4 Å². The minimum absolute atomic E-state index is 0.637. The summed E-state index contributed by atoms with van der Waals surface area (Å²) in [6.45, 7) is 8.14. The summed E-state index contributed by atoms with van der Waals surface area (Å²) in [6.07, 6.45) is 0. The molecule has 2 heterocycles. The van der Waals surface area contributed by atoms with Crippen LogP contribution in [0.1, 0.15) is 0 Å². The Morgan fingerprint density at radius 3 is 1.85 bits per heavy atom. The number of aromatic nitrogens is 1. The lowest BCUT2D eigenvalue weighted by atomic mass is 9.92. The van der Waals surface area contributed by atoms with Gasteiger partial charge in [-0.15, -0.1) is 11.3 Å². The number of hydrogen-bond donors (Lipinski definition) is 0. The lowest BCUT2D eigenvalue weighted by Gasteiger charge is -2.18. The zero-order valence-corrected chi connectivity index (χ0v) is 22.3. The first-order valence-corrected chi connectivity index (χ1v) is 14.1. The van der Waals surface area contributed by atoms with Gasteiger partial charge >= 0.3 is 0 Å². The summed E-state index contributed by atoms with van der Waals surface area (Å²) in [6, 6.07) is 47.1. The quantitative estimate of drug-likeness (QED) is 0.203. The van der Waals surface area contributed by atoms with Crippen LogP contribution in [0.2, 0.25) is 0 Å². The van der Waals surface area contributed by atoms with Crippen LogP contribution in [-0.2, 0) is 0 Å². The molecule has 40 heavy (non-hydrogen) atoms. The van der Waals surface area contributed by atoms with Crippen molar-refractivity contribution in [2.45, 2.75) is 0 Å². The smallest absolute Gasteiger partial charge is 0.211 e. The zero-order valence-electron chi connectivity index (χ0n) is 21.5. The predicted octanol–water partition coefficient (Wildman–Crippen LogP) is 11.0. The van der Waals surface area contributed by atoms with Crippen molar-refractivity contribution < 1.29 is 0 Å². The molecular weight excluding hydrogens is 504 g/mol. The minimum atomic E-state index is 0.637. The van der Waals surface area contributed by atoms with Crippen LogP contribution in [0.4, 0.5) is 5.69 Å². The maximum atomic E-state index is 8.14. The third kappa shape index (κ3) is 3.34. The first kappa shape index (κ1) is 22.8. The molecular formula is C37H22N2S. The highest BCUT2D eigenvalue weighted by Gasteiger charge is 2.20. The first-order valence-electron chi connectivity index (χ1n) is 13.3. The topological polar surface area (TPSA) is 9.29 Å². The summed E-state index contributed by atoms with van der Waals surface area (Å²) in [5, 5.41) is 4.95. The Kier molecular flexibility index (Phi) is 5.10. The Morgan fingerprint density at radius 2 is 1.10 bits per heavy atom. The van der Waals surface area contributed by atoms with Crippen LogP contribution in [0.3, 0.4) is 0 Å². The fourth-order valence-corrected chi connectivity index (χ4v) is 7.19. The summed E-state index contributed by atoms with van der Waals surface area (Å²) < 4.78 is 4.88. The lowest BCUT2D eigenvalue weighted by Crippen LogP contribution is -1.98. The van der Waals surface area contributed by atoms with E-state index in [-0.39, 0.29) is 0 Å². The third-order valence-electron chi connectivity index (χ3n) is 7.84. The highest BCUT2D eigenvalue weighted by atomic mass is 32.1. The molecule has 0 saturated heterocycles. The fraction of sp³-hybridized carbons (Fsp3) is 0. The molecule has 0 atom stereocenters. The van der Waals surface area contributed by atoms with Crippen LogP contribution in [0.15, 0.2) is 133 Å². The van der Waals surface area contributed by atoms with Gasteiger partial charge in [0.05, 0.1) is 23.3 Å². The molecule has 0 fully saturated rings. The maximum absolute atomic E-state index is 8.14. The summed E-state index contributed by atoms with van der Waals surface area (Å²) >= 11 is 1.84. The molecule has 2 aromatic heterocycles. The van der Waals surface area contributed by atoms with Crippen LogP contribution in [0.25, 0.3) is 74.8 Å². The molecule has 8 aromatic rings. The van der Waals surface area contributed by atoms with E-state index in [0.29, 0.717) is 5.69 Å². The van der Waals surface area contributed by atoms with Gasteiger partial charge in [0.2, 0.25) is 5.69 Å². The minimum Gasteiger partial charge on any atom is -0.318 e. The largest absolute Gasteiger partial charge is 0.318 e. The molecule has 6 aromatic carbocycles. The van der Waals surface area contributed by atoms with Crippen molar-refractivity contribution >= 4 is 59.0 Å². The predicted molar refractivity (Wildman–Crippen MR) is 171 cm³/mol. The molecule has 0 aliphatic carbocycles. The van der Waals surface area contributed by atoms with Crippen molar-refractivity contribution in [3.8, 4) is 27.9 Å². The van der Waals surface area contributed by atoms with Crippen LogP contribution < -0.4 is 0 Å². The van der Waals surface area contributed by atoms with Gasteiger partial charge in [0.1, 0.15) is 0 Å². The van der Waals surface area contributed by atoms with Gasteiger partial charge in [-0.25, -0.2) is 4.85 Å². The van der Waals surface area contributed by atoms with Gasteiger partial charge in [-0.05, 0) is 52.6 Å². The SMILES string of the molecule is [C-]#[N+]c1cccc(-c2ccccc2-c2ccc3sc4ccccc4c3c2)c1-n1c2ccccc2c2ccccc21. The number of para-hydroxylation sites is 3. The Hall–Kier alpha value is -5.17. The molecule has 8 rings (SSSR count). The maximum Gasteiger partial charge on any atom is 0.211 e. The van der Waals surface area contributed by atoms with E-state index in [2.05, 4.69) is 131 Å². The normalized spacial score (nSPS) is 11.5. The van der Waals surface area contributed by atoms with Crippen molar-refractivity contribution in [3.63, 3.8) is 0 Å². The summed E-state index contributed by atoms with van der Waals surface area (Å²) in [5.74, 6) is 0. The monoisotopic (exact) mass is 526 g/mol. The number of nitrogens with zero attached hydrogens (tertiary/aromatic N) is 2. The number of hydrogen-bond acceptors (Lipinski definition) is 1. The molecule has 0 bridgehead atoms. The second-order valence-electron chi connectivity index (χ2n) is 10.0. The van der Waals surface area contributed by atoms with Gasteiger partial charge in [0.25, 0.3) is 0 Å². The second-order valence-corrected chi connectivity index (χ2v) is 11.1.